The summed E-state index contributed by atoms with van der Waals surface area (Å²) in [5.41, 5.74) is 2.05. The lowest BCUT2D eigenvalue weighted by Gasteiger charge is -2.14. The van der Waals surface area contributed by atoms with Crippen molar-refractivity contribution in [2.75, 3.05) is 6.54 Å². The lowest BCUT2D eigenvalue weighted by molar-refractivity contribution is 0.181. The van der Waals surface area contributed by atoms with E-state index in [2.05, 4.69) is 10.6 Å². The fourth-order valence-electron chi connectivity index (χ4n) is 1.82. The van der Waals surface area contributed by atoms with Gasteiger partial charge in [-0.05, 0) is 23.3 Å². The fraction of sp³-hybridized carbons (Fsp3) is 0.188. The molecule has 0 aliphatic carbocycles. The van der Waals surface area contributed by atoms with Gasteiger partial charge in [-0.3, -0.25) is 0 Å². The van der Waals surface area contributed by atoms with Gasteiger partial charge in [-0.25, -0.2) is 0 Å². The van der Waals surface area contributed by atoms with Crippen LogP contribution in [0.4, 0.5) is 0 Å². The second kappa shape index (κ2) is 7.62. The molecule has 0 saturated carbocycles. The van der Waals surface area contributed by atoms with Crippen molar-refractivity contribution in [1.29, 1.82) is 0 Å². The molecule has 0 spiro atoms. The maximum Gasteiger partial charge on any atom is 0.166 e. The van der Waals surface area contributed by atoms with Crippen LogP contribution in [0.15, 0.2) is 60.7 Å². The smallest absolute Gasteiger partial charge is 0.166 e. The molecule has 0 aliphatic rings. The zero-order valence-corrected chi connectivity index (χ0v) is 11.9. The third kappa shape index (κ3) is 4.64. The molecule has 0 unspecified atom stereocenters. The second-order valence-electron chi connectivity index (χ2n) is 4.48. The van der Waals surface area contributed by atoms with Gasteiger partial charge in [0, 0.05) is 13.1 Å². The van der Waals surface area contributed by atoms with E-state index >= 15 is 0 Å². The first-order valence-corrected chi connectivity index (χ1v) is 6.95. The van der Waals surface area contributed by atoms with E-state index in [1.54, 1.807) is 0 Å². The van der Waals surface area contributed by atoms with Crippen LogP contribution in [-0.4, -0.2) is 16.8 Å². The van der Waals surface area contributed by atoms with Gasteiger partial charge in [-0.1, -0.05) is 60.7 Å². The van der Waals surface area contributed by atoms with E-state index in [1.165, 1.54) is 5.56 Å². The van der Waals surface area contributed by atoms with Crippen LogP contribution in [0.3, 0.4) is 0 Å². The van der Waals surface area contributed by atoms with Crippen molar-refractivity contribution in [3.8, 4) is 0 Å². The molecule has 0 amide bonds. The second-order valence-corrected chi connectivity index (χ2v) is 4.88. The van der Waals surface area contributed by atoms with Gasteiger partial charge in [0.25, 0.3) is 0 Å². The molecular weight excluding hydrogens is 268 g/mol. The molecule has 0 bridgehead atoms. The van der Waals surface area contributed by atoms with E-state index < -0.39 is 6.10 Å². The van der Waals surface area contributed by atoms with Gasteiger partial charge in [-0.15, -0.1) is 0 Å². The summed E-state index contributed by atoms with van der Waals surface area (Å²) < 4.78 is 0. The molecule has 2 rings (SSSR count). The summed E-state index contributed by atoms with van der Waals surface area (Å²) in [6.45, 7) is 1.07. The summed E-state index contributed by atoms with van der Waals surface area (Å²) in [5.74, 6) is 0. The van der Waals surface area contributed by atoms with Crippen LogP contribution in [0.2, 0.25) is 0 Å². The standard InChI is InChI=1S/C16H18N2OS/c19-15(14-9-5-2-6-10-14)12-18-16(20)17-11-13-7-3-1-4-8-13/h1-10,15,19H,11-12H2,(H2,17,18,20)/t15-/m1/s1. The van der Waals surface area contributed by atoms with E-state index in [0.29, 0.717) is 18.2 Å². The minimum absolute atomic E-state index is 0.393. The van der Waals surface area contributed by atoms with Crippen molar-refractivity contribution >= 4 is 17.3 Å². The molecule has 0 aromatic heterocycles. The fourth-order valence-corrected chi connectivity index (χ4v) is 1.98. The maximum absolute atomic E-state index is 10.0. The highest BCUT2D eigenvalue weighted by Crippen LogP contribution is 2.10. The third-order valence-corrected chi connectivity index (χ3v) is 3.22. The zero-order chi connectivity index (χ0) is 14.2. The van der Waals surface area contributed by atoms with Crippen molar-refractivity contribution in [2.24, 2.45) is 0 Å². The van der Waals surface area contributed by atoms with Crippen LogP contribution in [0.5, 0.6) is 0 Å². The topological polar surface area (TPSA) is 44.3 Å². The molecule has 0 heterocycles. The van der Waals surface area contributed by atoms with Crippen molar-refractivity contribution in [2.45, 2.75) is 12.6 Å². The van der Waals surface area contributed by atoms with Gasteiger partial charge in [-0.2, -0.15) is 0 Å². The van der Waals surface area contributed by atoms with Crippen molar-refractivity contribution in [3.05, 3.63) is 71.8 Å². The highest BCUT2D eigenvalue weighted by Gasteiger charge is 2.06. The Bertz CT molecular complexity index is 531. The first-order valence-electron chi connectivity index (χ1n) is 6.54. The molecule has 0 fully saturated rings. The molecule has 2 aromatic rings. The van der Waals surface area contributed by atoms with Crippen LogP contribution < -0.4 is 10.6 Å². The summed E-state index contributed by atoms with van der Waals surface area (Å²) in [6, 6.07) is 19.6. The number of nitrogens with one attached hydrogen (secondary N) is 2. The van der Waals surface area contributed by atoms with Gasteiger partial charge < -0.3 is 15.7 Å². The van der Waals surface area contributed by atoms with Crippen molar-refractivity contribution in [3.63, 3.8) is 0 Å². The van der Waals surface area contributed by atoms with Crippen LogP contribution in [0, 0.1) is 0 Å². The van der Waals surface area contributed by atoms with Gasteiger partial charge in [0.1, 0.15) is 0 Å². The van der Waals surface area contributed by atoms with Gasteiger partial charge >= 0.3 is 0 Å². The van der Waals surface area contributed by atoms with Crippen LogP contribution >= 0.6 is 12.2 Å². The minimum Gasteiger partial charge on any atom is -0.387 e. The molecule has 4 heteroatoms. The molecule has 3 nitrogen and oxygen atoms in total. The first kappa shape index (κ1) is 14.5. The van der Waals surface area contributed by atoms with Crippen LogP contribution in [0.1, 0.15) is 17.2 Å². The lowest BCUT2D eigenvalue weighted by atomic mass is 10.1. The summed E-state index contributed by atoms with van der Waals surface area (Å²) in [6.07, 6.45) is -0.562. The highest BCUT2D eigenvalue weighted by atomic mass is 32.1. The summed E-state index contributed by atoms with van der Waals surface area (Å²) in [7, 11) is 0. The monoisotopic (exact) mass is 286 g/mol. The Hall–Kier alpha value is -1.91. The molecule has 20 heavy (non-hydrogen) atoms. The molecular formula is C16H18N2OS. The Morgan fingerprint density at radius 1 is 0.950 bits per heavy atom. The molecule has 3 N–H and O–H groups in total. The normalized spacial score (nSPS) is 11.7. The number of thiocarbonyl (C=S) groups is 1. The van der Waals surface area contributed by atoms with Gasteiger partial charge in [0.15, 0.2) is 5.11 Å². The van der Waals surface area contributed by atoms with E-state index in [0.717, 1.165) is 5.56 Å². The van der Waals surface area contributed by atoms with Crippen LogP contribution in [0.25, 0.3) is 0 Å². The van der Waals surface area contributed by atoms with E-state index in [9.17, 15) is 5.11 Å². The average Bonchev–Trinajstić information content (AvgIpc) is 2.52. The van der Waals surface area contributed by atoms with E-state index in [1.807, 2.05) is 60.7 Å². The number of benzene rings is 2. The first-order chi connectivity index (χ1) is 9.75. The maximum atomic E-state index is 10.0. The Labute approximate surface area is 124 Å². The number of aliphatic hydroxyl groups excluding tert-OH is 1. The van der Waals surface area contributed by atoms with Gasteiger partial charge in [0.05, 0.1) is 6.10 Å². The number of rotatable bonds is 5. The van der Waals surface area contributed by atoms with Crippen molar-refractivity contribution in [1.82, 2.24) is 10.6 Å². The van der Waals surface area contributed by atoms with Gasteiger partial charge in [0.2, 0.25) is 0 Å². The van der Waals surface area contributed by atoms with Crippen molar-refractivity contribution < 1.29 is 5.11 Å². The number of hydrogen-bond acceptors (Lipinski definition) is 2. The predicted molar refractivity (Wildman–Crippen MR) is 85.3 cm³/mol. The largest absolute Gasteiger partial charge is 0.387 e. The predicted octanol–water partition coefficient (Wildman–Crippen LogP) is 2.38. The van der Waals surface area contributed by atoms with E-state index in [4.69, 9.17) is 12.2 Å². The minimum atomic E-state index is -0.562. The highest BCUT2D eigenvalue weighted by molar-refractivity contribution is 7.80. The zero-order valence-electron chi connectivity index (χ0n) is 11.1. The molecule has 0 aliphatic heterocycles. The average molecular weight is 286 g/mol. The Balaban J connectivity index is 1.73. The third-order valence-electron chi connectivity index (χ3n) is 2.94. The SMILES string of the molecule is O[C@H](CNC(=S)NCc1ccccc1)c1ccccc1. The number of hydrogen-bond donors (Lipinski definition) is 3. The summed E-state index contributed by atoms with van der Waals surface area (Å²) in [4.78, 5) is 0. The molecule has 104 valence electrons. The Morgan fingerprint density at radius 2 is 1.55 bits per heavy atom. The molecule has 0 saturated heterocycles. The quantitative estimate of drug-likeness (QED) is 0.739. The molecule has 2 aromatic carbocycles. The molecule has 0 radical (unpaired) electrons. The Morgan fingerprint density at radius 3 is 2.20 bits per heavy atom. The lowest BCUT2D eigenvalue weighted by Crippen LogP contribution is -2.37. The van der Waals surface area contributed by atoms with Crippen LogP contribution in [-0.2, 0) is 6.54 Å². The summed E-state index contributed by atoms with van der Waals surface area (Å²) in [5, 5.41) is 16.7. The summed E-state index contributed by atoms with van der Waals surface area (Å²) >= 11 is 5.19. The Kier molecular flexibility index (Phi) is 5.53. The van der Waals surface area contributed by atoms with E-state index in [-0.39, 0.29) is 0 Å². The molecule has 1 atom stereocenters. The number of aliphatic hydroxyl groups is 1.